The predicted molar refractivity (Wildman–Crippen MR) is 80.7 cm³/mol. The molecule has 20 heavy (non-hydrogen) atoms. The molecular formula is C18H12O2. The van der Waals surface area contributed by atoms with Crippen molar-refractivity contribution in [3.05, 3.63) is 54.1 Å². The maximum absolute atomic E-state index is 11.1. The molecule has 3 aromatic carbocycles. The number of ether oxygens (including phenoxy) is 1. The average molecular weight is 260 g/mol. The minimum atomic E-state index is -0.373. The van der Waals surface area contributed by atoms with Gasteiger partial charge in [0.15, 0.2) is 0 Å². The molecule has 0 unspecified atom stereocenters. The number of esters is 1. The van der Waals surface area contributed by atoms with E-state index in [9.17, 15) is 4.79 Å². The zero-order valence-corrected chi connectivity index (χ0v) is 11.0. The van der Waals surface area contributed by atoms with E-state index in [4.69, 9.17) is 11.2 Å². The standard InChI is InChI=1S/C18H12O2/c1-3-13-8-16-9-14-6-4-5-7-15(14)10-17(16)11-18(13)20-12(2)19/h1,4-11H,2H3. The largest absolute Gasteiger partial charge is 0.425 e. The molecule has 0 heterocycles. The van der Waals surface area contributed by atoms with Crippen LogP contribution in [0.5, 0.6) is 5.75 Å². The van der Waals surface area contributed by atoms with E-state index in [-0.39, 0.29) is 5.97 Å². The van der Waals surface area contributed by atoms with Crippen molar-refractivity contribution in [3.63, 3.8) is 0 Å². The van der Waals surface area contributed by atoms with Gasteiger partial charge in [-0.15, -0.1) is 6.42 Å². The summed E-state index contributed by atoms with van der Waals surface area (Å²) in [6, 6.07) is 16.0. The highest BCUT2D eigenvalue weighted by atomic mass is 16.5. The second-order valence-corrected chi connectivity index (χ2v) is 4.63. The molecule has 2 nitrogen and oxygen atoms in total. The highest BCUT2D eigenvalue weighted by Crippen LogP contribution is 2.29. The first kappa shape index (κ1) is 12.3. The smallest absolute Gasteiger partial charge is 0.308 e. The van der Waals surface area contributed by atoms with E-state index in [2.05, 4.69) is 30.2 Å². The summed E-state index contributed by atoms with van der Waals surface area (Å²) in [7, 11) is 0. The molecule has 0 saturated heterocycles. The Morgan fingerprint density at radius 1 is 1.00 bits per heavy atom. The van der Waals surface area contributed by atoms with Gasteiger partial charge >= 0.3 is 5.97 Å². The van der Waals surface area contributed by atoms with Gasteiger partial charge in [0.25, 0.3) is 0 Å². The molecule has 0 spiro atoms. The summed E-state index contributed by atoms with van der Waals surface area (Å²) in [6.07, 6.45) is 5.49. The van der Waals surface area contributed by atoms with Gasteiger partial charge in [-0.3, -0.25) is 4.79 Å². The Bertz CT molecular complexity index is 870. The van der Waals surface area contributed by atoms with E-state index in [1.54, 1.807) is 0 Å². The maximum Gasteiger partial charge on any atom is 0.308 e. The molecule has 0 bridgehead atoms. The van der Waals surface area contributed by atoms with Crippen LogP contribution in [0.15, 0.2) is 48.5 Å². The molecule has 0 aliphatic rings. The van der Waals surface area contributed by atoms with Crippen LogP contribution in [0.3, 0.4) is 0 Å². The van der Waals surface area contributed by atoms with Crippen molar-refractivity contribution in [1.82, 2.24) is 0 Å². The first-order valence-electron chi connectivity index (χ1n) is 6.29. The molecule has 0 aliphatic heterocycles. The van der Waals surface area contributed by atoms with Gasteiger partial charge in [-0.25, -0.2) is 0 Å². The van der Waals surface area contributed by atoms with Crippen molar-refractivity contribution in [2.45, 2.75) is 6.92 Å². The van der Waals surface area contributed by atoms with Crippen LogP contribution in [0, 0.1) is 12.3 Å². The zero-order valence-electron chi connectivity index (χ0n) is 11.0. The number of hydrogen-bond acceptors (Lipinski definition) is 2. The van der Waals surface area contributed by atoms with Crippen LogP contribution in [-0.4, -0.2) is 5.97 Å². The average Bonchev–Trinajstić information content (AvgIpc) is 2.44. The third-order valence-corrected chi connectivity index (χ3v) is 3.21. The minimum Gasteiger partial charge on any atom is -0.425 e. The van der Waals surface area contributed by atoms with Gasteiger partial charge in [-0.05, 0) is 45.8 Å². The minimum absolute atomic E-state index is 0.373. The van der Waals surface area contributed by atoms with Gasteiger partial charge in [0.05, 0.1) is 5.56 Å². The van der Waals surface area contributed by atoms with E-state index >= 15 is 0 Å². The van der Waals surface area contributed by atoms with Gasteiger partial charge in [0.1, 0.15) is 5.75 Å². The molecule has 0 aromatic heterocycles. The van der Waals surface area contributed by atoms with Crippen molar-refractivity contribution in [3.8, 4) is 18.1 Å². The number of hydrogen-bond donors (Lipinski definition) is 0. The van der Waals surface area contributed by atoms with E-state index in [0.29, 0.717) is 11.3 Å². The van der Waals surface area contributed by atoms with Crippen molar-refractivity contribution in [2.24, 2.45) is 0 Å². The van der Waals surface area contributed by atoms with E-state index in [0.717, 1.165) is 21.5 Å². The van der Waals surface area contributed by atoms with Crippen molar-refractivity contribution in [1.29, 1.82) is 0 Å². The summed E-state index contributed by atoms with van der Waals surface area (Å²) in [4.78, 5) is 11.1. The molecule has 0 aliphatic carbocycles. The Kier molecular flexibility index (Phi) is 2.89. The molecule has 2 heteroatoms. The molecule has 96 valence electrons. The molecule has 3 rings (SSSR count). The lowest BCUT2D eigenvalue weighted by Crippen LogP contribution is -2.03. The molecular weight excluding hydrogens is 248 g/mol. The lowest BCUT2D eigenvalue weighted by molar-refractivity contribution is -0.131. The normalized spacial score (nSPS) is 10.4. The fourth-order valence-corrected chi connectivity index (χ4v) is 2.32. The van der Waals surface area contributed by atoms with Crippen LogP contribution < -0.4 is 4.74 Å². The van der Waals surface area contributed by atoms with Crippen molar-refractivity contribution >= 4 is 27.5 Å². The van der Waals surface area contributed by atoms with Crippen LogP contribution in [-0.2, 0) is 4.79 Å². The second-order valence-electron chi connectivity index (χ2n) is 4.63. The number of benzene rings is 3. The van der Waals surface area contributed by atoms with Gasteiger partial charge in [0.2, 0.25) is 0 Å². The molecule has 0 amide bonds. The van der Waals surface area contributed by atoms with Gasteiger partial charge in [0, 0.05) is 6.92 Å². The van der Waals surface area contributed by atoms with E-state index in [1.165, 1.54) is 6.92 Å². The van der Waals surface area contributed by atoms with Crippen LogP contribution in [0.4, 0.5) is 0 Å². The summed E-state index contributed by atoms with van der Waals surface area (Å²) in [5, 5.41) is 4.33. The highest BCUT2D eigenvalue weighted by Gasteiger charge is 2.08. The summed E-state index contributed by atoms with van der Waals surface area (Å²) < 4.78 is 5.17. The molecule has 0 fully saturated rings. The SMILES string of the molecule is C#Cc1cc2cc3ccccc3cc2cc1OC(C)=O. The predicted octanol–water partition coefficient (Wildman–Crippen LogP) is 3.90. The lowest BCUT2D eigenvalue weighted by atomic mass is 10.0. The monoisotopic (exact) mass is 260 g/mol. The summed E-state index contributed by atoms with van der Waals surface area (Å²) in [5.41, 5.74) is 0.586. The molecule has 0 N–H and O–H groups in total. The quantitative estimate of drug-likeness (QED) is 0.287. The van der Waals surface area contributed by atoms with E-state index < -0.39 is 0 Å². The van der Waals surface area contributed by atoms with Crippen LogP contribution >= 0.6 is 0 Å². The summed E-state index contributed by atoms with van der Waals surface area (Å²) in [5.74, 6) is 2.62. The zero-order chi connectivity index (χ0) is 14.1. The second kappa shape index (κ2) is 4.71. The number of carbonyl (C=O) groups is 1. The maximum atomic E-state index is 11.1. The van der Waals surface area contributed by atoms with Crippen LogP contribution in [0.1, 0.15) is 12.5 Å². The van der Waals surface area contributed by atoms with Gasteiger partial charge in [-0.1, -0.05) is 30.2 Å². The third-order valence-electron chi connectivity index (χ3n) is 3.21. The van der Waals surface area contributed by atoms with Crippen LogP contribution in [0.2, 0.25) is 0 Å². The fraction of sp³-hybridized carbons (Fsp3) is 0.0556. The Morgan fingerprint density at radius 3 is 2.15 bits per heavy atom. The van der Waals surface area contributed by atoms with E-state index in [1.807, 2.05) is 24.3 Å². The lowest BCUT2D eigenvalue weighted by Gasteiger charge is -2.08. The summed E-state index contributed by atoms with van der Waals surface area (Å²) >= 11 is 0. The third kappa shape index (κ3) is 2.10. The van der Waals surface area contributed by atoms with Crippen molar-refractivity contribution < 1.29 is 9.53 Å². The Morgan fingerprint density at radius 2 is 1.60 bits per heavy atom. The summed E-state index contributed by atoms with van der Waals surface area (Å²) in [6.45, 7) is 1.37. The molecule has 0 saturated carbocycles. The fourth-order valence-electron chi connectivity index (χ4n) is 2.32. The van der Waals surface area contributed by atoms with Gasteiger partial charge in [-0.2, -0.15) is 0 Å². The van der Waals surface area contributed by atoms with Crippen LogP contribution in [0.25, 0.3) is 21.5 Å². The first-order valence-corrected chi connectivity index (χ1v) is 6.29. The molecule has 0 atom stereocenters. The Hall–Kier alpha value is -2.79. The van der Waals surface area contributed by atoms with Crippen molar-refractivity contribution in [2.75, 3.05) is 0 Å². The number of terminal acetylenes is 1. The van der Waals surface area contributed by atoms with Gasteiger partial charge < -0.3 is 4.74 Å². The number of fused-ring (bicyclic) bond motifs is 2. The highest BCUT2D eigenvalue weighted by molar-refractivity contribution is 5.99. The topological polar surface area (TPSA) is 26.3 Å². The Labute approximate surface area is 117 Å². The number of carbonyl (C=O) groups excluding carboxylic acids is 1. The molecule has 3 aromatic rings. The molecule has 0 radical (unpaired) electrons. The first-order chi connectivity index (χ1) is 9.67. The Balaban J connectivity index is 2.30. The number of rotatable bonds is 1.